The minimum Gasteiger partial charge on any atom is -0.480 e. The number of aromatic nitrogens is 2. The third-order valence-corrected chi connectivity index (χ3v) is 3.53. The van der Waals surface area contributed by atoms with Crippen LogP contribution >= 0.6 is 0 Å². The van der Waals surface area contributed by atoms with Crippen LogP contribution in [0, 0.1) is 0 Å². The van der Waals surface area contributed by atoms with Crippen molar-refractivity contribution in [3.63, 3.8) is 0 Å². The largest absolute Gasteiger partial charge is 0.480 e. The summed E-state index contributed by atoms with van der Waals surface area (Å²) < 4.78 is 5.06. The molecular formula is C13H21N5O5. The number of amides is 2. The van der Waals surface area contributed by atoms with E-state index in [4.69, 9.17) is 9.63 Å². The molecule has 0 saturated carbocycles. The smallest absolute Gasteiger partial charge is 0.328 e. The molecule has 128 valence electrons. The predicted octanol–water partition coefficient (Wildman–Crippen LogP) is -0.307. The minimum atomic E-state index is -1.39. The number of urea groups is 1. The van der Waals surface area contributed by atoms with Gasteiger partial charge in [0.2, 0.25) is 5.89 Å². The summed E-state index contributed by atoms with van der Waals surface area (Å²) in [6.07, 6.45) is 2.14. The topological polar surface area (TPSA) is 141 Å². The normalized spacial score (nSPS) is 17.4. The number of carbonyl (C=O) groups excluding carboxylic acids is 1. The maximum Gasteiger partial charge on any atom is 0.328 e. The van der Waals surface area contributed by atoms with Crippen molar-refractivity contribution in [3.05, 3.63) is 5.89 Å². The Balaban J connectivity index is 1.82. The Bertz CT molecular complexity index is 541. The summed E-state index contributed by atoms with van der Waals surface area (Å²) in [5.41, 5.74) is 0. The van der Waals surface area contributed by atoms with Crippen molar-refractivity contribution in [2.75, 3.05) is 18.0 Å². The van der Waals surface area contributed by atoms with Crippen LogP contribution in [0.25, 0.3) is 0 Å². The van der Waals surface area contributed by atoms with Gasteiger partial charge in [-0.15, -0.1) is 0 Å². The van der Waals surface area contributed by atoms with Crippen LogP contribution in [-0.4, -0.2) is 57.6 Å². The molecule has 0 aromatic carbocycles. The summed E-state index contributed by atoms with van der Waals surface area (Å²) in [6, 6.07) is -2.13. The highest BCUT2D eigenvalue weighted by Crippen LogP contribution is 2.16. The van der Waals surface area contributed by atoms with E-state index < -0.39 is 24.1 Å². The van der Waals surface area contributed by atoms with Crippen LogP contribution in [0.5, 0.6) is 0 Å². The number of anilines is 1. The zero-order valence-electron chi connectivity index (χ0n) is 12.9. The molecule has 0 aliphatic carbocycles. The summed E-state index contributed by atoms with van der Waals surface area (Å²) in [5, 5.41) is 26.6. The average Bonchev–Trinajstić information content (AvgIpc) is 3.00. The zero-order valence-corrected chi connectivity index (χ0v) is 12.9. The zero-order chi connectivity index (χ0) is 16.8. The number of carbonyl (C=O) groups is 2. The highest BCUT2D eigenvalue weighted by atomic mass is 16.5. The van der Waals surface area contributed by atoms with Crippen LogP contribution in [0.4, 0.5) is 10.7 Å². The van der Waals surface area contributed by atoms with Crippen molar-refractivity contribution in [1.82, 2.24) is 20.8 Å². The van der Waals surface area contributed by atoms with Gasteiger partial charge in [0.25, 0.3) is 5.95 Å². The number of hydrogen-bond acceptors (Lipinski definition) is 7. The van der Waals surface area contributed by atoms with Crippen molar-refractivity contribution in [1.29, 1.82) is 0 Å². The Hall–Kier alpha value is -2.36. The number of nitrogens with one attached hydrogen (secondary N) is 2. The first-order valence-corrected chi connectivity index (χ1v) is 7.50. The molecule has 2 amide bonds. The van der Waals surface area contributed by atoms with E-state index in [9.17, 15) is 14.7 Å². The molecule has 0 radical (unpaired) electrons. The highest BCUT2D eigenvalue weighted by Gasteiger charge is 2.25. The van der Waals surface area contributed by atoms with Crippen molar-refractivity contribution >= 4 is 17.9 Å². The van der Waals surface area contributed by atoms with E-state index in [1.54, 1.807) is 0 Å². The van der Waals surface area contributed by atoms with Crippen molar-refractivity contribution in [2.24, 2.45) is 0 Å². The number of nitrogens with zero attached hydrogens (tertiary/aromatic N) is 3. The van der Waals surface area contributed by atoms with Gasteiger partial charge in [0.1, 0.15) is 0 Å². The molecule has 4 N–H and O–H groups in total. The lowest BCUT2D eigenvalue weighted by molar-refractivity contribution is -0.141. The Morgan fingerprint density at radius 2 is 2.04 bits per heavy atom. The van der Waals surface area contributed by atoms with Crippen molar-refractivity contribution in [3.8, 4) is 0 Å². The SMILES string of the molecule is CC(O)C(NC(=O)NCc1nc(N2CCCCC2)no1)C(=O)O. The maximum atomic E-state index is 11.6. The van der Waals surface area contributed by atoms with Gasteiger partial charge in [-0.1, -0.05) is 0 Å². The third-order valence-electron chi connectivity index (χ3n) is 3.53. The van der Waals surface area contributed by atoms with E-state index in [0.29, 0.717) is 5.95 Å². The summed E-state index contributed by atoms with van der Waals surface area (Å²) >= 11 is 0. The summed E-state index contributed by atoms with van der Waals surface area (Å²) in [4.78, 5) is 28.7. The van der Waals surface area contributed by atoms with Gasteiger partial charge >= 0.3 is 12.0 Å². The Kier molecular flexibility index (Phi) is 5.74. The lowest BCUT2D eigenvalue weighted by Crippen LogP contribution is -2.51. The summed E-state index contributed by atoms with van der Waals surface area (Å²) in [7, 11) is 0. The molecule has 2 atom stereocenters. The maximum absolute atomic E-state index is 11.6. The van der Waals surface area contributed by atoms with Crippen LogP contribution < -0.4 is 15.5 Å². The molecule has 1 aliphatic rings. The molecule has 2 unspecified atom stereocenters. The van der Waals surface area contributed by atoms with Crippen LogP contribution in [0.2, 0.25) is 0 Å². The van der Waals surface area contributed by atoms with Crippen LogP contribution in [0.1, 0.15) is 32.1 Å². The fraction of sp³-hybridized carbons (Fsp3) is 0.692. The quantitative estimate of drug-likeness (QED) is 0.558. The van der Waals surface area contributed by atoms with Gasteiger partial charge in [0.15, 0.2) is 6.04 Å². The predicted molar refractivity (Wildman–Crippen MR) is 78.8 cm³/mol. The summed E-state index contributed by atoms with van der Waals surface area (Å²) in [6.45, 7) is 3.00. The number of rotatable bonds is 6. The van der Waals surface area contributed by atoms with Gasteiger partial charge in [-0.2, -0.15) is 4.98 Å². The second-order valence-corrected chi connectivity index (χ2v) is 5.42. The number of aliphatic carboxylic acids is 1. The molecule has 1 aliphatic heterocycles. The Morgan fingerprint density at radius 1 is 1.35 bits per heavy atom. The molecule has 1 saturated heterocycles. The Morgan fingerprint density at radius 3 is 2.65 bits per heavy atom. The van der Waals surface area contributed by atoms with Gasteiger partial charge in [-0.05, 0) is 31.3 Å². The number of hydrogen-bond donors (Lipinski definition) is 4. The molecule has 10 nitrogen and oxygen atoms in total. The first-order chi connectivity index (χ1) is 11.0. The molecular weight excluding hydrogens is 306 g/mol. The molecule has 2 heterocycles. The number of piperidine rings is 1. The number of carboxylic acid groups (broad SMARTS) is 1. The highest BCUT2D eigenvalue weighted by molar-refractivity contribution is 5.82. The minimum absolute atomic E-state index is 0.0289. The third kappa shape index (κ3) is 4.81. The molecule has 1 fully saturated rings. The van der Waals surface area contributed by atoms with Gasteiger partial charge < -0.3 is 30.3 Å². The van der Waals surface area contributed by atoms with Crippen LogP contribution in [0.15, 0.2) is 4.52 Å². The average molecular weight is 327 g/mol. The fourth-order valence-electron chi connectivity index (χ4n) is 2.28. The van der Waals surface area contributed by atoms with E-state index in [1.165, 1.54) is 13.3 Å². The lowest BCUT2D eigenvalue weighted by Gasteiger charge is -2.24. The van der Waals surface area contributed by atoms with E-state index >= 15 is 0 Å². The number of aliphatic hydroxyl groups excluding tert-OH is 1. The molecule has 0 spiro atoms. The van der Waals surface area contributed by atoms with Gasteiger partial charge in [-0.3, -0.25) is 0 Å². The van der Waals surface area contributed by atoms with Crippen molar-refractivity contribution < 1.29 is 24.3 Å². The molecule has 1 aromatic rings. The molecule has 1 aromatic heterocycles. The second-order valence-electron chi connectivity index (χ2n) is 5.42. The van der Waals surface area contributed by atoms with Crippen LogP contribution in [0.3, 0.4) is 0 Å². The standard InChI is InChI=1S/C13H21N5O5/c1-8(19)10(11(20)21)16-13(22)14-7-9-15-12(17-23-9)18-5-3-2-4-6-18/h8,10,19H,2-7H2,1H3,(H,20,21)(H2,14,16,22). The molecule has 23 heavy (non-hydrogen) atoms. The molecule has 2 rings (SSSR count). The lowest BCUT2D eigenvalue weighted by atomic mass is 10.1. The fourth-order valence-corrected chi connectivity index (χ4v) is 2.28. The number of carboxylic acids is 1. The first-order valence-electron chi connectivity index (χ1n) is 7.50. The van der Waals surface area contributed by atoms with Gasteiger partial charge in [-0.25, -0.2) is 9.59 Å². The van der Waals surface area contributed by atoms with E-state index in [0.717, 1.165) is 25.9 Å². The van der Waals surface area contributed by atoms with Gasteiger partial charge in [0, 0.05) is 13.1 Å². The van der Waals surface area contributed by atoms with Crippen LogP contribution in [-0.2, 0) is 11.3 Å². The first kappa shape index (κ1) is 17.0. The molecule has 10 heteroatoms. The van der Waals surface area contributed by atoms with Crippen molar-refractivity contribution in [2.45, 2.75) is 44.9 Å². The van der Waals surface area contributed by atoms with E-state index in [1.807, 2.05) is 4.90 Å². The number of aliphatic hydroxyl groups is 1. The monoisotopic (exact) mass is 327 g/mol. The second kappa shape index (κ2) is 7.77. The van der Waals surface area contributed by atoms with Gasteiger partial charge in [0.05, 0.1) is 12.6 Å². The molecule has 0 bridgehead atoms. The van der Waals surface area contributed by atoms with E-state index in [-0.39, 0.29) is 12.4 Å². The summed E-state index contributed by atoms with van der Waals surface area (Å²) in [5.74, 6) is -0.598. The Labute approximate surface area is 132 Å². The van der Waals surface area contributed by atoms with E-state index in [2.05, 4.69) is 20.8 Å².